The lowest BCUT2D eigenvalue weighted by atomic mass is 10.1. The molecule has 0 spiro atoms. The number of carbonyl (C=O) groups excluding carboxylic acids is 1. The van der Waals surface area contributed by atoms with Crippen molar-refractivity contribution in [3.05, 3.63) is 64.7 Å². The van der Waals surface area contributed by atoms with Gasteiger partial charge in [-0.05, 0) is 69.4 Å². The topological polar surface area (TPSA) is 66.5 Å². The third-order valence-corrected chi connectivity index (χ3v) is 5.82. The molecule has 0 fully saturated rings. The zero-order valence-corrected chi connectivity index (χ0v) is 18.1. The van der Waals surface area contributed by atoms with E-state index in [2.05, 4.69) is 30.4 Å². The minimum Gasteiger partial charge on any atom is -0.354 e. The third kappa shape index (κ3) is 6.09. The number of nitrogens with one attached hydrogen (secondary N) is 1. The van der Waals surface area contributed by atoms with Gasteiger partial charge in [-0.2, -0.15) is 0 Å². The van der Waals surface area contributed by atoms with Gasteiger partial charge in [0.05, 0.1) is 11.9 Å². The molecule has 152 valence electrons. The largest absolute Gasteiger partial charge is 0.354 e. The molecule has 1 N–H and O–H groups in total. The quantitative estimate of drug-likeness (QED) is 0.687. The van der Waals surface area contributed by atoms with Crippen molar-refractivity contribution in [2.45, 2.75) is 46.6 Å². The molecular weight excluding hydrogens is 372 g/mol. The first-order valence-electron chi connectivity index (χ1n) is 9.49. The number of hydrogen-bond acceptors (Lipinski definition) is 3. The maximum Gasteiger partial charge on any atom is 0.243 e. The van der Waals surface area contributed by atoms with E-state index in [-0.39, 0.29) is 5.91 Å². The van der Waals surface area contributed by atoms with Crippen LogP contribution in [0.2, 0.25) is 0 Å². The van der Waals surface area contributed by atoms with Crippen LogP contribution < -0.4 is 9.62 Å². The van der Waals surface area contributed by atoms with Crippen LogP contribution in [-0.4, -0.2) is 33.2 Å². The van der Waals surface area contributed by atoms with Crippen molar-refractivity contribution in [1.82, 2.24) is 5.32 Å². The molecule has 0 aliphatic rings. The van der Waals surface area contributed by atoms with Gasteiger partial charge in [-0.15, -0.1) is 0 Å². The molecule has 0 bridgehead atoms. The lowest BCUT2D eigenvalue weighted by Crippen LogP contribution is -2.48. The minimum absolute atomic E-state index is 0.297. The van der Waals surface area contributed by atoms with Crippen LogP contribution in [0.25, 0.3) is 0 Å². The van der Waals surface area contributed by atoms with Gasteiger partial charge in [-0.25, -0.2) is 8.42 Å². The predicted octanol–water partition coefficient (Wildman–Crippen LogP) is 3.52. The Labute approximate surface area is 168 Å². The molecular formula is C22H30N2O3S. The van der Waals surface area contributed by atoms with Crippen molar-refractivity contribution < 1.29 is 13.2 Å². The second-order valence-corrected chi connectivity index (χ2v) is 9.32. The molecule has 0 saturated heterocycles. The molecule has 28 heavy (non-hydrogen) atoms. The van der Waals surface area contributed by atoms with Gasteiger partial charge in [0.15, 0.2) is 0 Å². The number of carbonyl (C=O) groups is 1. The van der Waals surface area contributed by atoms with Crippen LogP contribution in [0.4, 0.5) is 5.69 Å². The summed E-state index contributed by atoms with van der Waals surface area (Å²) in [5.41, 5.74) is 4.87. The molecule has 0 heterocycles. The smallest absolute Gasteiger partial charge is 0.243 e. The van der Waals surface area contributed by atoms with Crippen LogP contribution in [0.5, 0.6) is 0 Å². The van der Waals surface area contributed by atoms with Crippen LogP contribution in [0.15, 0.2) is 42.5 Å². The molecule has 2 aromatic rings. The monoisotopic (exact) mass is 402 g/mol. The molecule has 6 heteroatoms. The number of nitrogens with zero attached hydrogens (tertiary/aromatic N) is 1. The third-order valence-electron chi connectivity index (χ3n) is 4.57. The Morgan fingerprint density at radius 3 is 2.25 bits per heavy atom. The summed E-state index contributed by atoms with van der Waals surface area (Å²) in [5, 5.41) is 2.87. The first-order valence-corrected chi connectivity index (χ1v) is 11.3. The summed E-state index contributed by atoms with van der Waals surface area (Å²) in [4.78, 5) is 12.6. The Morgan fingerprint density at radius 1 is 1.04 bits per heavy atom. The maximum atomic E-state index is 12.6. The summed E-state index contributed by atoms with van der Waals surface area (Å²) in [6, 6.07) is 13.0. The summed E-state index contributed by atoms with van der Waals surface area (Å²) in [5.74, 6) is -0.297. The zero-order valence-electron chi connectivity index (χ0n) is 17.3. The van der Waals surface area contributed by atoms with Crippen molar-refractivity contribution in [2.75, 3.05) is 17.1 Å². The number of amides is 1. The van der Waals surface area contributed by atoms with Crippen LogP contribution in [0.1, 0.15) is 35.6 Å². The molecule has 0 aliphatic carbocycles. The molecule has 5 nitrogen and oxygen atoms in total. The second-order valence-electron chi connectivity index (χ2n) is 7.46. The maximum absolute atomic E-state index is 12.6. The van der Waals surface area contributed by atoms with Crippen LogP contribution in [-0.2, 0) is 21.2 Å². The Bertz CT molecular complexity index is 918. The van der Waals surface area contributed by atoms with Crippen molar-refractivity contribution in [1.29, 1.82) is 0 Å². The highest BCUT2D eigenvalue weighted by atomic mass is 32.2. The van der Waals surface area contributed by atoms with Gasteiger partial charge >= 0.3 is 0 Å². The molecule has 0 radical (unpaired) electrons. The van der Waals surface area contributed by atoms with E-state index in [4.69, 9.17) is 0 Å². The highest BCUT2D eigenvalue weighted by molar-refractivity contribution is 7.92. The van der Waals surface area contributed by atoms with E-state index in [1.165, 1.54) is 15.4 Å². The lowest BCUT2D eigenvalue weighted by molar-refractivity contribution is -0.121. The number of rotatable bonds is 8. The van der Waals surface area contributed by atoms with Gasteiger partial charge in [0, 0.05) is 6.54 Å². The number of benzene rings is 2. The highest BCUT2D eigenvalue weighted by Gasteiger charge is 2.29. The van der Waals surface area contributed by atoms with Crippen LogP contribution >= 0.6 is 0 Å². The van der Waals surface area contributed by atoms with E-state index in [0.717, 1.165) is 30.2 Å². The number of aryl methyl sites for hydroxylation is 4. The molecule has 0 unspecified atom stereocenters. The Kier molecular flexibility index (Phi) is 7.24. The second kappa shape index (κ2) is 9.24. The standard InChI is InChI=1S/C22H30N2O3S/c1-16-8-6-9-20(13-16)10-7-11-23-22(25)19(4)24(28(5,26)27)21-14-17(2)12-18(3)15-21/h6,8-9,12-15,19H,7,10-11H2,1-5H3,(H,23,25)/t19-/m1/s1. The van der Waals surface area contributed by atoms with Gasteiger partial charge in [0.1, 0.15) is 6.04 Å². The van der Waals surface area contributed by atoms with Crippen molar-refractivity contribution in [3.63, 3.8) is 0 Å². The summed E-state index contributed by atoms with van der Waals surface area (Å²) in [6.45, 7) is 8.00. The fraction of sp³-hybridized carbons (Fsp3) is 0.409. The molecule has 0 aromatic heterocycles. The predicted molar refractivity (Wildman–Crippen MR) is 115 cm³/mol. The van der Waals surface area contributed by atoms with Gasteiger partial charge in [0.25, 0.3) is 0 Å². The molecule has 2 rings (SSSR count). The van der Waals surface area contributed by atoms with Crippen molar-refractivity contribution in [2.24, 2.45) is 0 Å². The molecule has 0 saturated carbocycles. The fourth-order valence-corrected chi connectivity index (χ4v) is 4.56. The fourth-order valence-electron chi connectivity index (χ4n) is 3.41. The van der Waals surface area contributed by atoms with Gasteiger partial charge in [-0.1, -0.05) is 35.9 Å². The Morgan fingerprint density at radius 2 is 1.68 bits per heavy atom. The SMILES string of the molecule is Cc1cccc(CCCNC(=O)[C@@H](C)N(c2cc(C)cc(C)c2)S(C)(=O)=O)c1. The van der Waals surface area contributed by atoms with Crippen molar-refractivity contribution >= 4 is 21.6 Å². The number of anilines is 1. The average molecular weight is 403 g/mol. The number of hydrogen-bond donors (Lipinski definition) is 1. The zero-order chi connectivity index (χ0) is 20.9. The van der Waals surface area contributed by atoms with E-state index < -0.39 is 16.1 Å². The minimum atomic E-state index is -3.60. The molecule has 0 aliphatic heterocycles. The van der Waals surface area contributed by atoms with Gasteiger partial charge < -0.3 is 5.32 Å². The highest BCUT2D eigenvalue weighted by Crippen LogP contribution is 2.23. The van der Waals surface area contributed by atoms with Crippen LogP contribution in [0.3, 0.4) is 0 Å². The van der Waals surface area contributed by atoms with Gasteiger partial charge in [-0.3, -0.25) is 9.10 Å². The first-order chi connectivity index (χ1) is 13.1. The Hall–Kier alpha value is -2.34. The lowest BCUT2D eigenvalue weighted by Gasteiger charge is -2.28. The van der Waals surface area contributed by atoms with Gasteiger partial charge in [0.2, 0.25) is 15.9 Å². The van der Waals surface area contributed by atoms with E-state index in [1.54, 1.807) is 19.1 Å². The normalized spacial score (nSPS) is 12.5. The molecule has 1 atom stereocenters. The number of sulfonamides is 1. The summed E-state index contributed by atoms with van der Waals surface area (Å²) < 4.78 is 26.0. The van der Waals surface area contributed by atoms with E-state index in [0.29, 0.717) is 12.2 Å². The molecule has 2 aromatic carbocycles. The first kappa shape index (κ1) is 22.0. The van der Waals surface area contributed by atoms with E-state index >= 15 is 0 Å². The molecule has 1 amide bonds. The van der Waals surface area contributed by atoms with Crippen molar-refractivity contribution in [3.8, 4) is 0 Å². The summed E-state index contributed by atoms with van der Waals surface area (Å²) in [7, 11) is -3.60. The summed E-state index contributed by atoms with van der Waals surface area (Å²) in [6.07, 6.45) is 2.79. The van der Waals surface area contributed by atoms with Crippen LogP contribution in [0, 0.1) is 20.8 Å². The van der Waals surface area contributed by atoms with E-state index in [9.17, 15) is 13.2 Å². The summed E-state index contributed by atoms with van der Waals surface area (Å²) >= 11 is 0. The van der Waals surface area contributed by atoms with E-state index in [1.807, 2.05) is 26.0 Å². The Balaban J connectivity index is 2.03. The average Bonchev–Trinajstić information content (AvgIpc) is 2.56.